The van der Waals surface area contributed by atoms with Crippen LogP contribution in [0.4, 0.5) is 0 Å². The molecule has 3 aromatic rings. The second kappa shape index (κ2) is 7.86. The number of aliphatic hydroxyl groups is 1. The molecule has 0 radical (unpaired) electrons. The summed E-state index contributed by atoms with van der Waals surface area (Å²) in [5.41, 5.74) is 5.47. The predicted molar refractivity (Wildman–Crippen MR) is 97.3 cm³/mol. The third-order valence-electron chi connectivity index (χ3n) is 4.13. The van der Waals surface area contributed by atoms with E-state index in [-0.39, 0.29) is 12.6 Å². The van der Waals surface area contributed by atoms with Crippen LogP contribution >= 0.6 is 0 Å². The molecule has 0 aliphatic carbocycles. The van der Waals surface area contributed by atoms with Crippen LogP contribution in [-0.2, 0) is 13.2 Å². The van der Waals surface area contributed by atoms with Gasteiger partial charge in [-0.15, -0.1) is 0 Å². The van der Waals surface area contributed by atoms with E-state index in [9.17, 15) is 5.11 Å². The minimum atomic E-state index is 0.0761. The van der Waals surface area contributed by atoms with Crippen molar-refractivity contribution in [1.29, 1.82) is 0 Å². The number of pyridine rings is 1. The van der Waals surface area contributed by atoms with Crippen molar-refractivity contribution in [2.45, 2.75) is 26.1 Å². The lowest BCUT2D eigenvalue weighted by Gasteiger charge is -2.15. The lowest BCUT2D eigenvalue weighted by atomic mass is 10.0. The zero-order valence-electron chi connectivity index (χ0n) is 13.8. The molecule has 3 heteroatoms. The molecule has 2 N–H and O–H groups in total. The molecule has 0 saturated heterocycles. The van der Waals surface area contributed by atoms with Gasteiger partial charge in [0.2, 0.25) is 0 Å². The number of hydrogen-bond acceptors (Lipinski definition) is 3. The Balaban J connectivity index is 1.68. The summed E-state index contributed by atoms with van der Waals surface area (Å²) >= 11 is 0. The third kappa shape index (κ3) is 4.07. The van der Waals surface area contributed by atoms with Crippen LogP contribution in [-0.4, -0.2) is 10.1 Å². The summed E-state index contributed by atoms with van der Waals surface area (Å²) in [6.45, 7) is 3.00. The Hall–Kier alpha value is -2.49. The molecule has 0 spiro atoms. The van der Waals surface area contributed by atoms with Gasteiger partial charge in [0, 0.05) is 24.3 Å². The first-order valence-electron chi connectivity index (χ1n) is 8.19. The highest BCUT2D eigenvalue weighted by Gasteiger charge is 2.06. The quantitative estimate of drug-likeness (QED) is 0.719. The molecule has 0 fully saturated rings. The molecule has 0 bridgehead atoms. The maximum atomic E-state index is 9.26. The van der Waals surface area contributed by atoms with Gasteiger partial charge in [0.1, 0.15) is 0 Å². The molecule has 1 atom stereocenters. The molecule has 1 unspecified atom stereocenters. The fraction of sp³-hybridized carbons (Fsp3) is 0.190. The smallest absolute Gasteiger partial charge is 0.0702 e. The molecule has 1 heterocycles. The maximum Gasteiger partial charge on any atom is 0.0702 e. The number of aromatic nitrogens is 1. The molecule has 122 valence electrons. The summed E-state index contributed by atoms with van der Waals surface area (Å²) < 4.78 is 0. The van der Waals surface area contributed by atoms with E-state index < -0.39 is 0 Å². The highest BCUT2D eigenvalue weighted by molar-refractivity contribution is 5.59. The normalized spacial score (nSPS) is 12.1. The number of benzene rings is 2. The van der Waals surface area contributed by atoms with Crippen LogP contribution in [0.2, 0.25) is 0 Å². The fourth-order valence-corrected chi connectivity index (χ4v) is 2.72. The number of nitrogens with zero attached hydrogens (tertiary/aromatic N) is 1. The van der Waals surface area contributed by atoms with Crippen LogP contribution in [0, 0.1) is 0 Å². The van der Waals surface area contributed by atoms with Crippen molar-refractivity contribution in [3.05, 3.63) is 89.6 Å². The average molecular weight is 318 g/mol. The van der Waals surface area contributed by atoms with Crippen molar-refractivity contribution in [2.75, 3.05) is 0 Å². The molecule has 2 aromatic carbocycles. The molecule has 0 saturated carbocycles. The standard InChI is InChI=1S/C21H22N2O/c1-16(19-8-5-7-18(13-19)15-24)23-14-17-6-4-9-20(12-17)21-10-2-3-11-22-21/h2-13,16,23-24H,14-15H2,1H3. The van der Waals surface area contributed by atoms with Gasteiger partial charge in [-0.25, -0.2) is 0 Å². The number of aliphatic hydroxyl groups excluding tert-OH is 1. The molecular weight excluding hydrogens is 296 g/mol. The zero-order valence-corrected chi connectivity index (χ0v) is 13.8. The Labute approximate surface area is 143 Å². The van der Waals surface area contributed by atoms with E-state index in [1.165, 1.54) is 11.1 Å². The van der Waals surface area contributed by atoms with Crippen molar-refractivity contribution in [3.8, 4) is 11.3 Å². The SMILES string of the molecule is CC(NCc1cccc(-c2ccccn2)c1)c1cccc(CO)c1. The van der Waals surface area contributed by atoms with E-state index in [2.05, 4.69) is 47.6 Å². The highest BCUT2D eigenvalue weighted by Crippen LogP contribution is 2.19. The Bertz CT molecular complexity index is 787. The fourth-order valence-electron chi connectivity index (χ4n) is 2.72. The van der Waals surface area contributed by atoms with Crippen molar-refractivity contribution in [1.82, 2.24) is 10.3 Å². The summed E-state index contributed by atoms with van der Waals surface area (Å²) in [5, 5.41) is 12.8. The van der Waals surface area contributed by atoms with E-state index in [1.807, 2.05) is 42.6 Å². The van der Waals surface area contributed by atoms with Crippen LogP contribution < -0.4 is 5.32 Å². The summed E-state index contributed by atoms with van der Waals surface area (Å²) in [5.74, 6) is 0. The van der Waals surface area contributed by atoms with Crippen LogP contribution in [0.25, 0.3) is 11.3 Å². The lowest BCUT2D eigenvalue weighted by molar-refractivity contribution is 0.281. The first kappa shape index (κ1) is 16.4. The van der Waals surface area contributed by atoms with Gasteiger partial charge in [-0.3, -0.25) is 4.98 Å². The topological polar surface area (TPSA) is 45.2 Å². The summed E-state index contributed by atoms with van der Waals surface area (Å²) in [6.07, 6.45) is 1.82. The van der Waals surface area contributed by atoms with Gasteiger partial charge in [0.15, 0.2) is 0 Å². The van der Waals surface area contributed by atoms with E-state index in [0.29, 0.717) is 0 Å². The first-order chi connectivity index (χ1) is 11.8. The van der Waals surface area contributed by atoms with Gasteiger partial charge in [0.25, 0.3) is 0 Å². The Morgan fingerprint density at radius 1 is 0.958 bits per heavy atom. The van der Waals surface area contributed by atoms with Gasteiger partial charge in [-0.05, 0) is 41.8 Å². The second-order valence-electron chi connectivity index (χ2n) is 5.92. The van der Waals surface area contributed by atoms with Crippen LogP contribution in [0.1, 0.15) is 29.7 Å². The average Bonchev–Trinajstić information content (AvgIpc) is 2.67. The third-order valence-corrected chi connectivity index (χ3v) is 4.13. The Morgan fingerprint density at radius 2 is 1.79 bits per heavy atom. The molecule has 24 heavy (non-hydrogen) atoms. The monoisotopic (exact) mass is 318 g/mol. The Kier molecular flexibility index (Phi) is 5.36. The first-order valence-corrected chi connectivity index (χ1v) is 8.19. The van der Waals surface area contributed by atoms with E-state index in [0.717, 1.165) is 23.4 Å². The minimum Gasteiger partial charge on any atom is -0.392 e. The second-order valence-corrected chi connectivity index (χ2v) is 5.92. The van der Waals surface area contributed by atoms with Crippen molar-refractivity contribution >= 4 is 0 Å². The van der Waals surface area contributed by atoms with Crippen molar-refractivity contribution < 1.29 is 5.11 Å². The molecule has 0 aliphatic rings. The van der Waals surface area contributed by atoms with Gasteiger partial charge in [-0.2, -0.15) is 0 Å². The summed E-state index contributed by atoms with van der Waals surface area (Å²) in [6, 6.07) is 22.7. The zero-order chi connectivity index (χ0) is 16.8. The predicted octanol–water partition coefficient (Wildman–Crippen LogP) is 4.09. The van der Waals surface area contributed by atoms with Crippen molar-refractivity contribution in [3.63, 3.8) is 0 Å². The number of nitrogens with one attached hydrogen (secondary N) is 1. The molecule has 3 nitrogen and oxygen atoms in total. The molecular formula is C21H22N2O. The molecule has 3 rings (SSSR count). The van der Waals surface area contributed by atoms with E-state index in [1.54, 1.807) is 0 Å². The maximum absolute atomic E-state index is 9.26. The molecule has 1 aromatic heterocycles. The highest BCUT2D eigenvalue weighted by atomic mass is 16.3. The molecule has 0 amide bonds. The van der Waals surface area contributed by atoms with Crippen LogP contribution in [0.3, 0.4) is 0 Å². The minimum absolute atomic E-state index is 0.0761. The van der Waals surface area contributed by atoms with Gasteiger partial charge in [0.05, 0.1) is 12.3 Å². The van der Waals surface area contributed by atoms with E-state index in [4.69, 9.17) is 0 Å². The van der Waals surface area contributed by atoms with E-state index >= 15 is 0 Å². The van der Waals surface area contributed by atoms with Gasteiger partial charge in [-0.1, -0.05) is 48.5 Å². The number of hydrogen-bond donors (Lipinski definition) is 2. The van der Waals surface area contributed by atoms with Gasteiger partial charge >= 0.3 is 0 Å². The van der Waals surface area contributed by atoms with Gasteiger partial charge < -0.3 is 10.4 Å². The summed E-state index contributed by atoms with van der Waals surface area (Å²) in [4.78, 5) is 4.41. The van der Waals surface area contributed by atoms with Crippen LogP contribution in [0.15, 0.2) is 72.9 Å². The Morgan fingerprint density at radius 3 is 2.58 bits per heavy atom. The van der Waals surface area contributed by atoms with Crippen molar-refractivity contribution in [2.24, 2.45) is 0 Å². The lowest BCUT2D eigenvalue weighted by Crippen LogP contribution is -2.18. The van der Waals surface area contributed by atoms with Crippen LogP contribution in [0.5, 0.6) is 0 Å². The number of rotatable bonds is 6. The largest absolute Gasteiger partial charge is 0.392 e. The summed E-state index contributed by atoms with van der Waals surface area (Å²) in [7, 11) is 0. The molecule has 0 aliphatic heterocycles.